The zero-order valence-corrected chi connectivity index (χ0v) is 32.1. The fourth-order valence-electron chi connectivity index (χ4n) is 7.12. The molecule has 4 atom stereocenters. The second kappa shape index (κ2) is 30.5. The van der Waals surface area contributed by atoms with Crippen LogP contribution in [0.3, 0.4) is 0 Å². The minimum atomic E-state index is 0.147. The Bertz CT molecular complexity index is 874. The third-order valence-corrected chi connectivity index (χ3v) is 10.4. The van der Waals surface area contributed by atoms with Crippen molar-refractivity contribution in [2.45, 2.75) is 211 Å². The maximum Gasteiger partial charge on any atom is 0.0928 e. The average molecular weight is 660 g/mol. The lowest BCUT2D eigenvalue weighted by molar-refractivity contribution is -0.0578. The Morgan fingerprint density at radius 2 is 0.979 bits per heavy atom. The molecule has 0 N–H and O–H groups in total. The fraction of sp³-hybridized carbons (Fsp3) is 0.778. The molecule has 2 heterocycles. The summed E-state index contributed by atoms with van der Waals surface area (Å²) in [6.07, 6.45) is 59.9. The minimum Gasteiger partial charge on any atom is -0.372 e. The Morgan fingerprint density at radius 1 is 0.562 bits per heavy atom. The molecule has 0 aromatic rings. The molecular weight excluding hydrogens is 581 g/mol. The van der Waals surface area contributed by atoms with Crippen LogP contribution in [0.25, 0.3) is 0 Å². The quantitative estimate of drug-likeness (QED) is 0.0301. The lowest BCUT2D eigenvalue weighted by atomic mass is 9.87. The van der Waals surface area contributed by atoms with Crippen LogP contribution in [0.15, 0.2) is 60.8 Å². The van der Waals surface area contributed by atoms with Crippen LogP contribution in [0.1, 0.15) is 194 Å². The normalized spacial score (nSPS) is 23.0. The molecule has 272 valence electrons. The maximum atomic E-state index is 6.91. The molecule has 0 aliphatic carbocycles. The van der Waals surface area contributed by atoms with Gasteiger partial charge in [0.15, 0.2) is 0 Å². The molecule has 2 nitrogen and oxygen atoms in total. The summed E-state index contributed by atoms with van der Waals surface area (Å²) in [4.78, 5) is 2.38. The molecule has 0 spiro atoms. The van der Waals surface area contributed by atoms with Gasteiger partial charge in [0, 0.05) is 13.1 Å². The molecular formula is C45H78BNO. The van der Waals surface area contributed by atoms with E-state index >= 15 is 0 Å². The van der Waals surface area contributed by atoms with Crippen molar-refractivity contribution in [3.63, 3.8) is 0 Å². The van der Waals surface area contributed by atoms with Crippen LogP contribution in [0.5, 0.6) is 0 Å². The molecule has 0 aromatic carbocycles. The van der Waals surface area contributed by atoms with Gasteiger partial charge < -0.3 is 9.64 Å². The largest absolute Gasteiger partial charge is 0.372 e. The van der Waals surface area contributed by atoms with Crippen molar-refractivity contribution in [3.8, 4) is 0 Å². The van der Waals surface area contributed by atoms with Gasteiger partial charge in [0.2, 0.25) is 0 Å². The van der Waals surface area contributed by atoms with Crippen molar-refractivity contribution in [3.05, 3.63) is 60.8 Å². The van der Waals surface area contributed by atoms with Gasteiger partial charge in [-0.2, -0.15) is 0 Å². The zero-order valence-electron chi connectivity index (χ0n) is 32.1. The highest BCUT2D eigenvalue weighted by molar-refractivity contribution is 6.13. The number of allylic oxidation sites excluding steroid dienone is 10. The van der Waals surface area contributed by atoms with Gasteiger partial charge in [-0.1, -0.05) is 145 Å². The molecule has 2 radical (unpaired) electrons. The standard InChI is InChI=1S/C45H78BNO/c1-3-5-7-9-11-13-15-17-19-21-23-25-27-29-31-33-35-39-45(40-36-43(48-45)37-41-47-42-44(47)46)38-34-32-30-28-26-24-22-20-18-16-14-12-10-8-6-4-2/h11-14,17-20,25,27,43-44H,3-10,15-16,21-24,26,28-42H2,1-2H3/b13-11-,14-12-,19-17-,20-18-,27-25+. The first-order valence-electron chi connectivity index (χ1n) is 21.1. The van der Waals surface area contributed by atoms with Crippen LogP contribution in [0.2, 0.25) is 0 Å². The van der Waals surface area contributed by atoms with E-state index in [4.69, 9.17) is 12.6 Å². The van der Waals surface area contributed by atoms with Gasteiger partial charge in [0.25, 0.3) is 0 Å². The number of hydrogen-bond donors (Lipinski definition) is 0. The van der Waals surface area contributed by atoms with Crippen LogP contribution in [-0.2, 0) is 4.74 Å². The van der Waals surface area contributed by atoms with Gasteiger partial charge in [-0.15, -0.1) is 0 Å². The lowest BCUT2D eigenvalue weighted by Gasteiger charge is -2.30. The Balaban J connectivity index is 1.54. The van der Waals surface area contributed by atoms with Crippen LogP contribution in [0.4, 0.5) is 0 Å². The van der Waals surface area contributed by atoms with Gasteiger partial charge in [-0.3, -0.25) is 0 Å². The van der Waals surface area contributed by atoms with Crippen molar-refractivity contribution >= 4 is 7.85 Å². The molecule has 48 heavy (non-hydrogen) atoms. The van der Waals surface area contributed by atoms with E-state index in [0.29, 0.717) is 12.0 Å². The van der Waals surface area contributed by atoms with E-state index in [0.717, 1.165) is 32.4 Å². The summed E-state index contributed by atoms with van der Waals surface area (Å²) in [5.41, 5.74) is 0.147. The second-order valence-corrected chi connectivity index (χ2v) is 15.0. The SMILES string of the molecule is [B]C1CN1CCC1CCC(CCCCC/C=C/CC/C=C\C/C=C\CCCCC)(CCCCCCCC/C=C\C/C=C\CCCCC)O1. The average Bonchev–Trinajstić information content (AvgIpc) is 3.66. The van der Waals surface area contributed by atoms with Gasteiger partial charge in [-0.25, -0.2) is 0 Å². The first kappa shape index (κ1) is 42.9. The summed E-state index contributed by atoms with van der Waals surface area (Å²) in [5.74, 6) is 0.312. The molecule has 0 aromatic heterocycles. The van der Waals surface area contributed by atoms with Gasteiger partial charge in [0.05, 0.1) is 19.6 Å². The number of ether oxygens (including phenoxy) is 1. The predicted molar refractivity (Wildman–Crippen MR) is 215 cm³/mol. The highest BCUT2D eigenvalue weighted by atomic mass is 16.5. The van der Waals surface area contributed by atoms with E-state index in [1.165, 1.54) is 161 Å². The van der Waals surface area contributed by atoms with E-state index in [9.17, 15) is 0 Å². The molecule has 2 rings (SSSR count). The summed E-state index contributed by atoms with van der Waals surface area (Å²) in [6, 6.07) is 0. The van der Waals surface area contributed by atoms with Crippen molar-refractivity contribution in [2.24, 2.45) is 0 Å². The summed E-state index contributed by atoms with van der Waals surface area (Å²) in [6.45, 7) is 6.73. The van der Waals surface area contributed by atoms with Gasteiger partial charge in [0.1, 0.15) is 0 Å². The molecule has 2 saturated heterocycles. The fourth-order valence-corrected chi connectivity index (χ4v) is 7.12. The monoisotopic (exact) mass is 660 g/mol. The Kier molecular flexibility index (Phi) is 27.2. The first-order chi connectivity index (χ1) is 23.7. The minimum absolute atomic E-state index is 0.147. The van der Waals surface area contributed by atoms with Crippen LogP contribution in [0, 0.1) is 0 Å². The van der Waals surface area contributed by atoms with E-state index in [2.05, 4.69) is 79.5 Å². The molecule has 4 unspecified atom stereocenters. The third kappa shape index (κ3) is 23.9. The van der Waals surface area contributed by atoms with Gasteiger partial charge >= 0.3 is 0 Å². The van der Waals surface area contributed by atoms with Gasteiger partial charge in [-0.05, 0) is 115 Å². The molecule has 0 saturated carbocycles. The number of unbranched alkanes of at least 4 members (excludes halogenated alkanes) is 16. The number of rotatable bonds is 33. The third-order valence-electron chi connectivity index (χ3n) is 10.4. The number of hydrogen-bond acceptors (Lipinski definition) is 2. The highest BCUT2D eigenvalue weighted by Crippen LogP contribution is 2.40. The molecule has 3 heteroatoms. The molecule has 0 bridgehead atoms. The van der Waals surface area contributed by atoms with Crippen molar-refractivity contribution in [2.75, 3.05) is 13.1 Å². The zero-order chi connectivity index (χ0) is 34.2. The van der Waals surface area contributed by atoms with Crippen molar-refractivity contribution < 1.29 is 4.74 Å². The Hall–Kier alpha value is -1.32. The van der Waals surface area contributed by atoms with Crippen molar-refractivity contribution in [1.82, 2.24) is 4.90 Å². The van der Waals surface area contributed by atoms with E-state index < -0.39 is 0 Å². The maximum absolute atomic E-state index is 6.91. The molecule has 2 fully saturated rings. The summed E-state index contributed by atoms with van der Waals surface area (Å²) >= 11 is 0. The lowest BCUT2D eigenvalue weighted by Crippen LogP contribution is -2.30. The first-order valence-corrected chi connectivity index (χ1v) is 21.1. The smallest absolute Gasteiger partial charge is 0.0928 e. The predicted octanol–water partition coefficient (Wildman–Crippen LogP) is 13.7. The molecule has 2 aliphatic rings. The second-order valence-electron chi connectivity index (χ2n) is 15.0. The number of nitrogens with zero attached hydrogens (tertiary/aromatic N) is 1. The van der Waals surface area contributed by atoms with Crippen LogP contribution in [-0.4, -0.2) is 43.5 Å². The Morgan fingerprint density at radius 3 is 1.50 bits per heavy atom. The summed E-state index contributed by atoms with van der Waals surface area (Å²) in [5, 5.41) is 0. The summed E-state index contributed by atoms with van der Waals surface area (Å²) in [7, 11) is 6.03. The van der Waals surface area contributed by atoms with Crippen molar-refractivity contribution in [1.29, 1.82) is 0 Å². The van der Waals surface area contributed by atoms with E-state index in [1.807, 2.05) is 0 Å². The Labute approximate surface area is 301 Å². The molecule has 2 aliphatic heterocycles. The van der Waals surface area contributed by atoms with E-state index in [-0.39, 0.29) is 5.60 Å². The topological polar surface area (TPSA) is 12.2 Å². The highest BCUT2D eigenvalue weighted by Gasteiger charge is 2.39. The van der Waals surface area contributed by atoms with E-state index in [1.54, 1.807) is 0 Å². The van der Waals surface area contributed by atoms with Crippen LogP contribution >= 0.6 is 0 Å². The molecule has 0 amide bonds. The van der Waals surface area contributed by atoms with Crippen LogP contribution < -0.4 is 0 Å². The summed E-state index contributed by atoms with van der Waals surface area (Å²) < 4.78 is 6.91.